The molecule has 0 heterocycles. The first-order valence-electron chi connectivity index (χ1n) is 13.1. The Morgan fingerprint density at radius 1 is 0.861 bits per heavy atom. The Morgan fingerprint density at radius 2 is 1.53 bits per heavy atom. The predicted octanol–water partition coefficient (Wildman–Crippen LogP) is 5.68. The van der Waals surface area contributed by atoms with Crippen molar-refractivity contribution < 1.29 is 25.2 Å². The number of allylic oxidation sites excluding steroid dienone is 7. The van der Waals surface area contributed by atoms with E-state index in [0.29, 0.717) is 0 Å². The molecule has 0 aliphatic rings. The standard InChI is InChI=1S/C31H52O5/c1-22(12-9-10-17-32)20-30(35)27(6)19-25(4)18-23(2)15-16-29(34)28(7)31(36-8)26(5)14-11-13-24(3)21-33/h11,13-16,18-20,24,27-35H,9-10,12,17,21H2,1-8H3/b13-11+,16-15+,22-20+,23-18-,25-19-,26-14+/t24-,27-,28-,29+,30+,31+/m0/s1. The Hall–Kier alpha value is -1.76. The summed E-state index contributed by atoms with van der Waals surface area (Å²) in [7, 11) is 1.65. The summed E-state index contributed by atoms with van der Waals surface area (Å²) >= 11 is 0. The van der Waals surface area contributed by atoms with Gasteiger partial charge in [0.15, 0.2) is 0 Å². The minimum absolute atomic E-state index is 0.0249. The zero-order valence-electron chi connectivity index (χ0n) is 23.8. The van der Waals surface area contributed by atoms with E-state index in [2.05, 4.69) is 6.08 Å². The van der Waals surface area contributed by atoms with Gasteiger partial charge in [-0.1, -0.05) is 86.1 Å². The molecule has 5 nitrogen and oxygen atoms in total. The lowest BCUT2D eigenvalue weighted by molar-refractivity contribution is 0.0331. The van der Waals surface area contributed by atoms with Crippen molar-refractivity contribution in [3.63, 3.8) is 0 Å². The summed E-state index contributed by atoms with van der Waals surface area (Å²) in [6, 6.07) is 0. The third kappa shape index (κ3) is 14.7. The lowest BCUT2D eigenvalue weighted by Crippen LogP contribution is -2.30. The highest BCUT2D eigenvalue weighted by molar-refractivity contribution is 5.29. The molecule has 0 saturated carbocycles. The SMILES string of the molecule is CO[C@H](/C(C)=C/C=C/[C@H](C)CO)[C@@H](C)[C@H](O)/C=C/C(C)=C\C(C)=C/[C@H](C)[C@H](O)/C=C(\C)CCCCO. The maximum Gasteiger partial charge on any atom is 0.0834 e. The van der Waals surface area contributed by atoms with Crippen molar-refractivity contribution in [3.05, 3.63) is 70.9 Å². The molecule has 5 heteroatoms. The smallest absolute Gasteiger partial charge is 0.0834 e. The zero-order chi connectivity index (χ0) is 27.7. The maximum atomic E-state index is 10.7. The van der Waals surface area contributed by atoms with Gasteiger partial charge in [-0.2, -0.15) is 0 Å². The Bertz CT molecular complexity index is 787. The van der Waals surface area contributed by atoms with Crippen molar-refractivity contribution in [3.8, 4) is 0 Å². The topological polar surface area (TPSA) is 90.2 Å². The number of unbranched alkanes of at least 4 members (excludes halogenated alkanes) is 1. The molecule has 0 unspecified atom stereocenters. The van der Waals surface area contributed by atoms with Gasteiger partial charge >= 0.3 is 0 Å². The van der Waals surface area contributed by atoms with Crippen LogP contribution in [-0.4, -0.2) is 59.1 Å². The third-order valence-electron chi connectivity index (χ3n) is 6.32. The number of ether oxygens (including phenoxy) is 1. The van der Waals surface area contributed by atoms with E-state index in [1.165, 1.54) is 0 Å². The van der Waals surface area contributed by atoms with Crippen LogP contribution in [0, 0.1) is 17.8 Å². The fourth-order valence-corrected chi connectivity index (χ4v) is 3.98. The summed E-state index contributed by atoms with van der Waals surface area (Å²) in [5, 5.41) is 39.3. The average molecular weight is 505 g/mol. The van der Waals surface area contributed by atoms with Crippen LogP contribution in [-0.2, 0) is 4.74 Å². The molecule has 6 atom stereocenters. The van der Waals surface area contributed by atoms with E-state index >= 15 is 0 Å². The van der Waals surface area contributed by atoms with Crippen LogP contribution in [0.1, 0.15) is 67.7 Å². The molecule has 0 aromatic heterocycles. The van der Waals surface area contributed by atoms with Crippen molar-refractivity contribution >= 4 is 0 Å². The molecule has 0 saturated heterocycles. The van der Waals surface area contributed by atoms with Gasteiger partial charge in [0.25, 0.3) is 0 Å². The van der Waals surface area contributed by atoms with E-state index in [4.69, 9.17) is 14.9 Å². The first-order valence-corrected chi connectivity index (χ1v) is 13.1. The second kappa shape index (κ2) is 19.4. The Balaban J connectivity index is 5.15. The summed E-state index contributed by atoms with van der Waals surface area (Å²) in [6.45, 7) is 14.2. The highest BCUT2D eigenvalue weighted by Gasteiger charge is 2.23. The van der Waals surface area contributed by atoms with E-state index in [0.717, 1.165) is 41.6 Å². The summed E-state index contributed by atoms with van der Waals surface area (Å²) in [5.41, 5.74) is 4.21. The number of aliphatic hydroxyl groups excluding tert-OH is 4. The summed E-state index contributed by atoms with van der Waals surface area (Å²) in [6.07, 6.45) is 16.7. The summed E-state index contributed by atoms with van der Waals surface area (Å²) < 4.78 is 5.66. The Morgan fingerprint density at radius 3 is 2.11 bits per heavy atom. The molecular weight excluding hydrogens is 452 g/mol. The maximum absolute atomic E-state index is 10.7. The monoisotopic (exact) mass is 504 g/mol. The molecule has 0 rings (SSSR count). The molecule has 0 amide bonds. The lowest BCUT2D eigenvalue weighted by atomic mass is 9.92. The largest absolute Gasteiger partial charge is 0.396 e. The number of rotatable bonds is 17. The van der Waals surface area contributed by atoms with Gasteiger partial charge in [-0.15, -0.1) is 0 Å². The summed E-state index contributed by atoms with van der Waals surface area (Å²) in [5.74, 6) is -0.0660. The number of hydrogen-bond acceptors (Lipinski definition) is 5. The molecule has 0 aliphatic heterocycles. The summed E-state index contributed by atoms with van der Waals surface area (Å²) in [4.78, 5) is 0. The van der Waals surface area contributed by atoms with Gasteiger partial charge in [0.1, 0.15) is 0 Å². The van der Waals surface area contributed by atoms with Crippen LogP contribution in [0.3, 0.4) is 0 Å². The fraction of sp³-hybridized carbons (Fsp3) is 0.613. The van der Waals surface area contributed by atoms with E-state index in [1.807, 2.05) is 84.9 Å². The Labute approximate surface area is 220 Å². The highest BCUT2D eigenvalue weighted by Crippen LogP contribution is 2.21. The van der Waals surface area contributed by atoms with E-state index in [9.17, 15) is 10.2 Å². The molecule has 0 aromatic carbocycles. The van der Waals surface area contributed by atoms with Crippen LogP contribution in [0.25, 0.3) is 0 Å². The number of aliphatic hydroxyl groups is 4. The molecule has 0 fully saturated rings. The molecule has 206 valence electrons. The van der Waals surface area contributed by atoms with Crippen LogP contribution in [0.5, 0.6) is 0 Å². The molecular formula is C31H52O5. The molecule has 0 spiro atoms. The van der Waals surface area contributed by atoms with Gasteiger partial charge in [-0.25, -0.2) is 0 Å². The molecule has 0 aliphatic carbocycles. The van der Waals surface area contributed by atoms with Crippen LogP contribution in [0.15, 0.2) is 70.9 Å². The number of methoxy groups -OCH3 is 1. The second-order valence-electron chi connectivity index (χ2n) is 10.2. The van der Waals surface area contributed by atoms with Crippen LogP contribution < -0.4 is 0 Å². The average Bonchev–Trinajstić information content (AvgIpc) is 2.82. The van der Waals surface area contributed by atoms with Gasteiger partial charge in [0, 0.05) is 32.2 Å². The van der Waals surface area contributed by atoms with Crippen molar-refractivity contribution in [1.29, 1.82) is 0 Å². The third-order valence-corrected chi connectivity index (χ3v) is 6.32. The van der Waals surface area contributed by atoms with Crippen molar-refractivity contribution in [1.82, 2.24) is 0 Å². The first-order chi connectivity index (χ1) is 17.0. The number of hydrogen-bond donors (Lipinski definition) is 4. The highest BCUT2D eigenvalue weighted by atomic mass is 16.5. The molecule has 4 N–H and O–H groups in total. The van der Waals surface area contributed by atoms with E-state index < -0.39 is 12.2 Å². The zero-order valence-corrected chi connectivity index (χ0v) is 23.8. The van der Waals surface area contributed by atoms with Crippen LogP contribution in [0.2, 0.25) is 0 Å². The Kier molecular flexibility index (Phi) is 18.4. The quantitative estimate of drug-likeness (QED) is 0.116. The van der Waals surface area contributed by atoms with Crippen molar-refractivity contribution in [2.45, 2.75) is 86.0 Å². The normalized spacial score (nSPS) is 19.6. The predicted molar refractivity (Wildman–Crippen MR) is 152 cm³/mol. The molecule has 0 aromatic rings. The molecule has 0 radical (unpaired) electrons. The minimum Gasteiger partial charge on any atom is -0.396 e. The van der Waals surface area contributed by atoms with Crippen LogP contribution >= 0.6 is 0 Å². The van der Waals surface area contributed by atoms with Crippen molar-refractivity contribution in [2.75, 3.05) is 20.3 Å². The molecule has 0 bridgehead atoms. The first kappa shape index (κ1) is 34.2. The minimum atomic E-state index is -0.675. The van der Waals surface area contributed by atoms with Gasteiger partial charge in [0.2, 0.25) is 0 Å². The van der Waals surface area contributed by atoms with Gasteiger partial charge in [-0.05, 0) is 58.4 Å². The van der Waals surface area contributed by atoms with Crippen molar-refractivity contribution in [2.24, 2.45) is 17.8 Å². The van der Waals surface area contributed by atoms with Gasteiger partial charge < -0.3 is 25.2 Å². The van der Waals surface area contributed by atoms with Gasteiger partial charge in [0.05, 0.1) is 18.3 Å². The van der Waals surface area contributed by atoms with Crippen LogP contribution in [0.4, 0.5) is 0 Å². The second-order valence-corrected chi connectivity index (χ2v) is 10.2. The van der Waals surface area contributed by atoms with E-state index in [1.54, 1.807) is 13.2 Å². The lowest BCUT2D eigenvalue weighted by Gasteiger charge is -2.26. The molecule has 36 heavy (non-hydrogen) atoms. The van der Waals surface area contributed by atoms with E-state index in [-0.39, 0.29) is 37.1 Å². The fourth-order valence-electron chi connectivity index (χ4n) is 3.98. The van der Waals surface area contributed by atoms with Gasteiger partial charge in [-0.3, -0.25) is 0 Å².